The van der Waals surface area contributed by atoms with Gasteiger partial charge in [-0.25, -0.2) is 13.6 Å². The predicted octanol–water partition coefficient (Wildman–Crippen LogP) is 2.63. The Labute approximate surface area is 155 Å². The molecule has 4 rings (SSSR count). The fourth-order valence-corrected chi connectivity index (χ4v) is 4.44. The molecule has 1 aromatic heterocycles. The molecule has 2 aromatic rings. The van der Waals surface area contributed by atoms with Gasteiger partial charge in [-0.2, -0.15) is 5.26 Å². The van der Waals surface area contributed by atoms with Crippen LogP contribution in [0, 0.1) is 29.9 Å². The molecular formula is C19H22F2N4O2. The zero-order chi connectivity index (χ0) is 19.2. The maximum Gasteiger partial charge on any atom is 0.326 e. The van der Waals surface area contributed by atoms with Crippen LogP contribution in [0.5, 0.6) is 0 Å². The molecule has 2 fully saturated rings. The maximum atomic E-state index is 14.2. The van der Waals surface area contributed by atoms with Gasteiger partial charge >= 0.3 is 5.69 Å². The Hall–Kier alpha value is -2.24. The van der Waals surface area contributed by atoms with Crippen molar-refractivity contribution < 1.29 is 13.5 Å². The molecule has 2 aliphatic rings. The largest absolute Gasteiger partial charge is 0.381 e. The van der Waals surface area contributed by atoms with Crippen LogP contribution in [0.25, 0.3) is 11.0 Å². The normalized spacial score (nSPS) is 21.4. The molecule has 3 heterocycles. The van der Waals surface area contributed by atoms with Crippen molar-refractivity contribution in [1.29, 1.82) is 5.26 Å². The van der Waals surface area contributed by atoms with Crippen molar-refractivity contribution in [3.63, 3.8) is 0 Å². The summed E-state index contributed by atoms with van der Waals surface area (Å²) in [5.74, 6) is -1.94. The van der Waals surface area contributed by atoms with E-state index in [9.17, 15) is 18.8 Å². The van der Waals surface area contributed by atoms with Gasteiger partial charge in [-0.3, -0.25) is 9.47 Å². The number of piperidine rings is 1. The molecule has 8 heteroatoms. The number of hydrogen-bond donors (Lipinski definition) is 1. The van der Waals surface area contributed by atoms with Gasteiger partial charge in [0.2, 0.25) is 0 Å². The van der Waals surface area contributed by atoms with Gasteiger partial charge in [0.25, 0.3) is 0 Å². The summed E-state index contributed by atoms with van der Waals surface area (Å²) < 4.78 is 35.0. The number of aryl methyl sites for hydroxylation is 1. The molecule has 0 aliphatic carbocycles. The number of aromatic nitrogens is 2. The first-order chi connectivity index (χ1) is 13.0. The lowest BCUT2D eigenvalue weighted by Crippen LogP contribution is -2.54. The maximum absolute atomic E-state index is 14.2. The molecule has 0 amide bonds. The van der Waals surface area contributed by atoms with Crippen LogP contribution in [0.2, 0.25) is 0 Å². The second-order valence-corrected chi connectivity index (χ2v) is 7.49. The van der Waals surface area contributed by atoms with E-state index in [0.717, 1.165) is 0 Å². The van der Waals surface area contributed by atoms with Crippen LogP contribution in [-0.2, 0) is 4.74 Å². The molecule has 0 atom stereocenters. The molecule has 27 heavy (non-hydrogen) atoms. The molecule has 0 unspecified atom stereocenters. The topological polar surface area (TPSA) is 74.0 Å². The molecule has 0 spiro atoms. The number of aromatic amines is 1. The summed E-state index contributed by atoms with van der Waals surface area (Å²) in [4.78, 5) is 17.1. The highest BCUT2D eigenvalue weighted by molar-refractivity contribution is 5.77. The fourth-order valence-electron chi connectivity index (χ4n) is 4.44. The Bertz CT molecular complexity index is 961. The van der Waals surface area contributed by atoms with Gasteiger partial charge in [0.1, 0.15) is 11.1 Å². The molecule has 1 aromatic carbocycles. The molecule has 2 aliphatic heterocycles. The van der Waals surface area contributed by atoms with E-state index in [1.807, 2.05) is 0 Å². The van der Waals surface area contributed by atoms with Crippen molar-refractivity contribution >= 4 is 11.0 Å². The van der Waals surface area contributed by atoms with E-state index in [2.05, 4.69) is 16.0 Å². The molecule has 0 saturated carbocycles. The van der Waals surface area contributed by atoms with Crippen molar-refractivity contribution in [2.24, 2.45) is 0 Å². The van der Waals surface area contributed by atoms with Crippen molar-refractivity contribution in [3.05, 3.63) is 33.7 Å². The Morgan fingerprint density at radius 1 is 1.26 bits per heavy atom. The number of nitrogens with zero attached hydrogens (tertiary/aromatic N) is 3. The summed E-state index contributed by atoms with van der Waals surface area (Å²) in [7, 11) is 0. The van der Waals surface area contributed by atoms with Crippen LogP contribution in [-0.4, -0.2) is 46.3 Å². The third kappa shape index (κ3) is 2.86. The summed E-state index contributed by atoms with van der Waals surface area (Å²) in [5.41, 5.74) is -0.427. The van der Waals surface area contributed by atoms with Crippen LogP contribution in [0.15, 0.2) is 10.9 Å². The quantitative estimate of drug-likeness (QED) is 0.874. The molecule has 0 radical (unpaired) electrons. The van der Waals surface area contributed by atoms with Crippen molar-refractivity contribution in [2.75, 3.05) is 26.3 Å². The van der Waals surface area contributed by atoms with Crippen LogP contribution in [0.4, 0.5) is 8.78 Å². The summed E-state index contributed by atoms with van der Waals surface area (Å²) >= 11 is 0. The summed E-state index contributed by atoms with van der Waals surface area (Å²) in [6.45, 7) is 4.02. The van der Waals surface area contributed by atoms with Gasteiger partial charge in [0.05, 0.1) is 11.6 Å². The van der Waals surface area contributed by atoms with Crippen LogP contribution < -0.4 is 5.69 Å². The predicted molar refractivity (Wildman–Crippen MR) is 95.5 cm³/mol. The SMILES string of the molecule is Cc1cc2c([nH]c(=O)n2C2CCN(C3(C#N)CCOCC3)CC2)c(F)c1F. The Morgan fingerprint density at radius 3 is 2.56 bits per heavy atom. The highest BCUT2D eigenvalue weighted by atomic mass is 19.2. The standard InChI is InChI=1S/C19H22F2N4O2/c1-12-10-14-17(16(21)15(12)20)23-18(26)25(14)13-2-6-24(7-3-13)19(11-22)4-8-27-9-5-19/h10,13H,2-9H2,1H3,(H,23,26). The smallest absolute Gasteiger partial charge is 0.326 e. The van der Waals surface area contributed by atoms with E-state index >= 15 is 0 Å². The van der Waals surface area contributed by atoms with E-state index in [1.165, 1.54) is 13.0 Å². The fraction of sp³-hybridized carbons (Fsp3) is 0.579. The first kappa shape index (κ1) is 18.1. The number of likely N-dealkylation sites (tertiary alicyclic amines) is 1. The lowest BCUT2D eigenvalue weighted by atomic mass is 9.87. The number of ether oxygens (including phenoxy) is 1. The van der Waals surface area contributed by atoms with Gasteiger partial charge in [0.15, 0.2) is 11.6 Å². The van der Waals surface area contributed by atoms with E-state index in [1.54, 1.807) is 4.57 Å². The van der Waals surface area contributed by atoms with Gasteiger partial charge in [-0.1, -0.05) is 0 Å². The molecule has 0 bridgehead atoms. The second kappa shape index (κ2) is 6.73. The van der Waals surface area contributed by atoms with Gasteiger partial charge < -0.3 is 9.72 Å². The van der Waals surface area contributed by atoms with Gasteiger partial charge in [-0.05, 0) is 31.4 Å². The monoisotopic (exact) mass is 376 g/mol. The van der Waals surface area contributed by atoms with E-state index in [-0.39, 0.29) is 17.1 Å². The third-order valence-corrected chi connectivity index (χ3v) is 6.04. The zero-order valence-corrected chi connectivity index (χ0v) is 15.2. The van der Waals surface area contributed by atoms with Crippen LogP contribution in [0.3, 0.4) is 0 Å². The number of rotatable bonds is 2. The molecular weight excluding hydrogens is 354 g/mol. The summed E-state index contributed by atoms with van der Waals surface area (Å²) in [5, 5.41) is 9.73. The van der Waals surface area contributed by atoms with Gasteiger partial charge in [-0.15, -0.1) is 0 Å². The highest BCUT2D eigenvalue weighted by Crippen LogP contribution is 2.34. The zero-order valence-electron chi connectivity index (χ0n) is 15.2. The lowest BCUT2D eigenvalue weighted by Gasteiger charge is -2.44. The first-order valence-electron chi connectivity index (χ1n) is 9.30. The minimum Gasteiger partial charge on any atom is -0.381 e. The van der Waals surface area contributed by atoms with E-state index < -0.39 is 22.9 Å². The Kier molecular flexibility index (Phi) is 4.52. The number of halogens is 2. The van der Waals surface area contributed by atoms with Crippen LogP contribution in [0.1, 0.15) is 37.3 Å². The van der Waals surface area contributed by atoms with Crippen molar-refractivity contribution in [1.82, 2.24) is 14.5 Å². The Morgan fingerprint density at radius 2 is 1.93 bits per heavy atom. The van der Waals surface area contributed by atoms with Crippen LogP contribution >= 0.6 is 0 Å². The number of benzene rings is 1. The molecule has 2 saturated heterocycles. The number of hydrogen-bond acceptors (Lipinski definition) is 4. The average Bonchev–Trinajstić information content (AvgIpc) is 3.03. The van der Waals surface area contributed by atoms with Crippen molar-refractivity contribution in [2.45, 2.75) is 44.2 Å². The van der Waals surface area contributed by atoms with Crippen molar-refractivity contribution in [3.8, 4) is 6.07 Å². The average molecular weight is 376 g/mol. The summed E-state index contributed by atoms with van der Waals surface area (Å²) in [6.07, 6.45) is 2.72. The van der Waals surface area contributed by atoms with E-state index in [4.69, 9.17) is 4.74 Å². The number of H-pyrrole nitrogens is 1. The lowest BCUT2D eigenvalue weighted by molar-refractivity contribution is -0.0119. The molecule has 1 N–H and O–H groups in total. The number of fused-ring (bicyclic) bond motifs is 1. The Balaban J connectivity index is 1.61. The first-order valence-corrected chi connectivity index (χ1v) is 9.30. The third-order valence-electron chi connectivity index (χ3n) is 6.04. The molecule has 6 nitrogen and oxygen atoms in total. The second-order valence-electron chi connectivity index (χ2n) is 7.49. The molecule has 144 valence electrons. The number of nitrogens with one attached hydrogen (secondary N) is 1. The highest BCUT2D eigenvalue weighted by Gasteiger charge is 2.41. The summed E-state index contributed by atoms with van der Waals surface area (Å²) in [6, 6.07) is 3.89. The number of nitriles is 1. The minimum absolute atomic E-state index is 0.0801. The van der Waals surface area contributed by atoms with E-state index in [0.29, 0.717) is 57.5 Å². The number of imidazole rings is 1. The minimum atomic E-state index is -1.01. The van der Waals surface area contributed by atoms with Gasteiger partial charge in [0, 0.05) is 45.2 Å².